The average Bonchev–Trinajstić information content (AvgIpc) is 4.12. The predicted molar refractivity (Wildman–Crippen MR) is 300 cm³/mol. The fraction of sp³-hybridized carbons (Fsp3) is 0.0571. The van der Waals surface area contributed by atoms with Crippen LogP contribution in [0.3, 0.4) is 0 Å². The van der Waals surface area contributed by atoms with E-state index in [-0.39, 0.29) is 5.41 Å². The summed E-state index contributed by atoms with van der Waals surface area (Å²) in [6, 6.07) is 89.0. The second-order valence-electron chi connectivity index (χ2n) is 20.7. The van der Waals surface area contributed by atoms with Gasteiger partial charge in [-0.05, 0) is 159 Å². The second kappa shape index (κ2) is 14.3. The number of anilines is 3. The van der Waals surface area contributed by atoms with E-state index >= 15 is 0 Å². The van der Waals surface area contributed by atoms with E-state index in [9.17, 15) is 0 Å². The van der Waals surface area contributed by atoms with E-state index in [0.29, 0.717) is 0 Å². The molecule has 2 heteroatoms. The van der Waals surface area contributed by atoms with Crippen LogP contribution in [0.25, 0.3) is 98.8 Å². The molecule has 0 saturated heterocycles. The molecule has 0 unspecified atom stereocenters. The Labute approximate surface area is 417 Å². The Balaban J connectivity index is 1.05. The molecule has 336 valence electrons. The number of nitrogens with zero attached hydrogens (tertiary/aromatic N) is 1. The van der Waals surface area contributed by atoms with Crippen molar-refractivity contribution < 1.29 is 4.42 Å². The SMILES string of the molecule is CC1(C)c2ccccc2-c2ccc(N(c3ccc4c5ccccc5c5ccccc5c4c3)c3cc4c(cc3-c3ccc5oc6ccccc6c5c3)-c3ccccc3C43c4ccccc4-c4ccccc43)cc21. The van der Waals surface area contributed by atoms with Crippen molar-refractivity contribution in [1.29, 1.82) is 0 Å². The number of rotatable bonds is 4. The lowest BCUT2D eigenvalue weighted by Gasteiger charge is -2.34. The molecule has 0 amide bonds. The molecule has 1 heterocycles. The normalized spacial score (nSPS) is 14.2. The van der Waals surface area contributed by atoms with Gasteiger partial charge in [-0.1, -0.05) is 196 Å². The van der Waals surface area contributed by atoms with E-state index < -0.39 is 5.41 Å². The molecule has 13 aromatic rings. The van der Waals surface area contributed by atoms with Gasteiger partial charge in [-0.15, -0.1) is 0 Å². The molecule has 1 spiro atoms. The van der Waals surface area contributed by atoms with Crippen LogP contribution in [0.4, 0.5) is 17.1 Å². The van der Waals surface area contributed by atoms with Crippen LogP contribution in [0.15, 0.2) is 241 Å². The summed E-state index contributed by atoms with van der Waals surface area (Å²) in [7, 11) is 0. The van der Waals surface area contributed by atoms with E-state index in [4.69, 9.17) is 4.42 Å². The van der Waals surface area contributed by atoms with Gasteiger partial charge < -0.3 is 9.32 Å². The number of fused-ring (bicyclic) bond motifs is 22. The van der Waals surface area contributed by atoms with Gasteiger partial charge in [0.2, 0.25) is 0 Å². The molecule has 3 aliphatic rings. The molecule has 0 radical (unpaired) electrons. The third-order valence-corrected chi connectivity index (χ3v) is 16.9. The van der Waals surface area contributed by atoms with Gasteiger partial charge in [0, 0.05) is 33.1 Å². The van der Waals surface area contributed by atoms with Crippen LogP contribution in [0, 0.1) is 0 Å². The van der Waals surface area contributed by atoms with Crippen LogP contribution in [0.1, 0.15) is 47.2 Å². The first-order valence-corrected chi connectivity index (χ1v) is 25.2. The Bertz CT molecular complexity index is 4430. The smallest absolute Gasteiger partial charge is 0.135 e. The van der Waals surface area contributed by atoms with E-state index in [1.165, 1.54) is 99.1 Å². The first-order chi connectivity index (χ1) is 35.5. The Hall–Kier alpha value is -8.98. The molecule has 3 aliphatic carbocycles. The Morgan fingerprint density at radius 3 is 1.42 bits per heavy atom. The molecule has 72 heavy (non-hydrogen) atoms. The number of hydrogen-bond acceptors (Lipinski definition) is 2. The van der Waals surface area contributed by atoms with Gasteiger partial charge >= 0.3 is 0 Å². The fourth-order valence-electron chi connectivity index (χ4n) is 13.7. The van der Waals surface area contributed by atoms with Gasteiger partial charge in [-0.25, -0.2) is 0 Å². The maximum Gasteiger partial charge on any atom is 0.135 e. The summed E-state index contributed by atoms with van der Waals surface area (Å²) in [5.41, 5.74) is 22.4. The molecular formula is C70H45NO. The molecule has 0 bridgehead atoms. The third kappa shape index (κ3) is 5.13. The summed E-state index contributed by atoms with van der Waals surface area (Å²) < 4.78 is 6.49. The molecule has 0 atom stereocenters. The zero-order chi connectivity index (χ0) is 47.5. The molecular weight excluding hydrogens is 871 g/mol. The van der Waals surface area contributed by atoms with Crippen LogP contribution in [0.5, 0.6) is 0 Å². The van der Waals surface area contributed by atoms with E-state index in [1.54, 1.807) is 0 Å². The average molecular weight is 916 g/mol. The summed E-state index contributed by atoms with van der Waals surface area (Å²) >= 11 is 0. The van der Waals surface area contributed by atoms with Crippen LogP contribution in [0.2, 0.25) is 0 Å². The maximum absolute atomic E-state index is 6.49. The molecule has 0 N–H and O–H groups in total. The molecule has 2 nitrogen and oxygen atoms in total. The van der Waals surface area contributed by atoms with Crippen LogP contribution in [-0.4, -0.2) is 0 Å². The molecule has 0 saturated carbocycles. The zero-order valence-corrected chi connectivity index (χ0v) is 39.9. The van der Waals surface area contributed by atoms with Crippen LogP contribution >= 0.6 is 0 Å². The standard InChI is InChI=1S/C70H45NO/c1-69(2)60-26-12-7-21-50(60)54-35-33-44(39-64(54)69)71(43-32-34-49-47-19-4-3-17-45(47)46-18-5-6-20-48(46)57(49)38-43)66-41-65-58(40-56(66)42-31-36-68-59(37-42)55-25-11-16-30-67(55)72-68)53-24-10-15-29-63(53)70(65)61-27-13-8-22-51(61)52-23-9-14-28-62(52)70/h3-41H,1-2H3. The second-order valence-corrected chi connectivity index (χ2v) is 20.7. The van der Waals surface area contributed by atoms with Gasteiger partial charge in [0.25, 0.3) is 0 Å². The molecule has 16 rings (SSSR count). The highest BCUT2D eigenvalue weighted by Crippen LogP contribution is 2.64. The molecule has 0 aliphatic heterocycles. The van der Waals surface area contributed by atoms with Crippen LogP contribution < -0.4 is 4.90 Å². The van der Waals surface area contributed by atoms with Crippen molar-refractivity contribution in [2.45, 2.75) is 24.7 Å². The predicted octanol–water partition coefficient (Wildman–Crippen LogP) is 18.8. The van der Waals surface area contributed by atoms with Crippen molar-refractivity contribution in [2.24, 2.45) is 0 Å². The monoisotopic (exact) mass is 915 g/mol. The lowest BCUT2D eigenvalue weighted by Crippen LogP contribution is -2.26. The minimum absolute atomic E-state index is 0.205. The van der Waals surface area contributed by atoms with E-state index in [2.05, 4.69) is 255 Å². The molecule has 12 aromatic carbocycles. The Morgan fingerprint density at radius 1 is 0.292 bits per heavy atom. The number of benzene rings is 12. The van der Waals surface area contributed by atoms with Gasteiger partial charge in [0.05, 0.1) is 11.1 Å². The summed E-state index contributed by atoms with van der Waals surface area (Å²) in [4.78, 5) is 2.58. The van der Waals surface area contributed by atoms with Crippen molar-refractivity contribution >= 4 is 71.3 Å². The third-order valence-electron chi connectivity index (χ3n) is 16.9. The molecule has 0 fully saturated rings. The largest absolute Gasteiger partial charge is 0.456 e. The van der Waals surface area contributed by atoms with Crippen molar-refractivity contribution in [3.8, 4) is 44.5 Å². The van der Waals surface area contributed by atoms with Crippen molar-refractivity contribution in [3.05, 3.63) is 270 Å². The highest BCUT2D eigenvalue weighted by Gasteiger charge is 2.52. The van der Waals surface area contributed by atoms with Crippen molar-refractivity contribution in [3.63, 3.8) is 0 Å². The topological polar surface area (TPSA) is 16.4 Å². The lowest BCUT2D eigenvalue weighted by atomic mass is 9.70. The first-order valence-electron chi connectivity index (χ1n) is 25.2. The van der Waals surface area contributed by atoms with Crippen LogP contribution in [-0.2, 0) is 10.8 Å². The number of hydrogen-bond donors (Lipinski definition) is 0. The summed E-state index contributed by atoms with van der Waals surface area (Å²) in [6.45, 7) is 4.78. The summed E-state index contributed by atoms with van der Waals surface area (Å²) in [5, 5.41) is 9.76. The number of para-hydroxylation sites is 1. The minimum Gasteiger partial charge on any atom is -0.456 e. The van der Waals surface area contributed by atoms with Gasteiger partial charge in [-0.2, -0.15) is 0 Å². The van der Waals surface area contributed by atoms with Gasteiger partial charge in [0.1, 0.15) is 11.2 Å². The summed E-state index contributed by atoms with van der Waals surface area (Å²) in [5.74, 6) is 0. The maximum atomic E-state index is 6.49. The minimum atomic E-state index is -0.539. The summed E-state index contributed by atoms with van der Waals surface area (Å²) in [6.07, 6.45) is 0. The van der Waals surface area contributed by atoms with Gasteiger partial charge in [0.15, 0.2) is 0 Å². The van der Waals surface area contributed by atoms with Gasteiger partial charge in [-0.3, -0.25) is 0 Å². The molecule has 1 aromatic heterocycles. The quantitative estimate of drug-likeness (QED) is 0.164. The Morgan fingerprint density at radius 2 is 0.764 bits per heavy atom. The first kappa shape index (κ1) is 39.8. The fourth-order valence-corrected chi connectivity index (χ4v) is 13.7. The zero-order valence-electron chi connectivity index (χ0n) is 39.9. The lowest BCUT2D eigenvalue weighted by molar-refractivity contribution is 0.660. The number of furan rings is 1. The van der Waals surface area contributed by atoms with E-state index in [1.807, 2.05) is 0 Å². The Kier molecular flexibility index (Phi) is 7.92. The van der Waals surface area contributed by atoms with Crippen molar-refractivity contribution in [1.82, 2.24) is 0 Å². The van der Waals surface area contributed by atoms with Crippen molar-refractivity contribution in [2.75, 3.05) is 4.90 Å². The highest BCUT2D eigenvalue weighted by molar-refractivity contribution is 6.26. The van der Waals surface area contributed by atoms with E-state index in [0.717, 1.165) is 50.1 Å². The highest BCUT2D eigenvalue weighted by atomic mass is 16.3.